The van der Waals surface area contributed by atoms with Gasteiger partial charge in [0, 0.05) is 18.6 Å². The van der Waals surface area contributed by atoms with Crippen LogP contribution in [0.1, 0.15) is 19.8 Å². The summed E-state index contributed by atoms with van der Waals surface area (Å²) in [6.07, 6.45) is 2.44. The number of aliphatic hydroxyl groups is 1. The van der Waals surface area contributed by atoms with Gasteiger partial charge < -0.3 is 10.8 Å². The SMILES string of the molecule is CCN1CCCC12CN([C@@H](CO)C(N)=O)C2. The van der Waals surface area contributed by atoms with E-state index in [9.17, 15) is 4.79 Å². The maximum atomic E-state index is 11.1. The molecule has 2 heterocycles. The fourth-order valence-electron chi connectivity index (χ4n) is 3.16. The number of nitrogens with zero attached hydrogens (tertiary/aromatic N) is 2. The summed E-state index contributed by atoms with van der Waals surface area (Å²) in [5, 5.41) is 9.13. The predicted molar refractivity (Wildman–Crippen MR) is 60.9 cm³/mol. The summed E-state index contributed by atoms with van der Waals surface area (Å²) < 4.78 is 0. The molecule has 1 spiro atoms. The van der Waals surface area contributed by atoms with Crippen molar-refractivity contribution in [2.45, 2.75) is 31.3 Å². The van der Waals surface area contributed by atoms with Gasteiger partial charge in [-0.3, -0.25) is 14.6 Å². The van der Waals surface area contributed by atoms with E-state index in [-0.39, 0.29) is 12.1 Å². The second-order valence-electron chi connectivity index (χ2n) is 4.91. The largest absolute Gasteiger partial charge is 0.394 e. The molecule has 2 aliphatic heterocycles. The Bertz CT molecular complexity index is 276. The van der Waals surface area contributed by atoms with Crippen molar-refractivity contribution in [3.8, 4) is 0 Å². The summed E-state index contributed by atoms with van der Waals surface area (Å²) in [4.78, 5) is 15.6. The Morgan fingerprint density at radius 1 is 1.56 bits per heavy atom. The van der Waals surface area contributed by atoms with E-state index in [0.29, 0.717) is 0 Å². The van der Waals surface area contributed by atoms with Crippen LogP contribution in [0.3, 0.4) is 0 Å². The van der Waals surface area contributed by atoms with Gasteiger partial charge in [0.1, 0.15) is 6.04 Å². The molecular weight excluding hydrogens is 206 g/mol. The highest BCUT2D eigenvalue weighted by molar-refractivity contribution is 5.80. The molecule has 0 bridgehead atoms. The van der Waals surface area contributed by atoms with E-state index in [2.05, 4.69) is 11.8 Å². The van der Waals surface area contributed by atoms with Crippen LogP contribution in [0.4, 0.5) is 0 Å². The highest BCUT2D eigenvalue weighted by Gasteiger charge is 2.51. The molecule has 3 N–H and O–H groups in total. The Kier molecular flexibility index (Phi) is 3.19. The second-order valence-corrected chi connectivity index (χ2v) is 4.91. The van der Waals surface area contributed by atoms with Gasteiger partial charge in [0.2, 0.25) is 5.91 Å². The molecule has 0 radical (unpaired) electrons. The first kappa shape index (κ1) is 11.8. The van der Waals surface area contributed by atoms with E-state index in [4.69, 9.17) is 10.8 Å². The van der Waals surface area contributed by atoms with E-state index in [1.165, 1.54) is 12.8 Å². The van der Waals surface area contributed by atoms with Gasteiger partial charge in [0.25, 0.3) is 0 Å². The van der Waals surface area contributed by atoms with Gasteiger partial charge in [-0.05, 0) is 25.9 Å². The third-order valence-corrected chi connectivity index (χ3v) is 4.06. The molecule has 0 unspecified atom stereocenters. The number of primary amides is 1. The normalized spacial score (nSPS) is 26.9. The molecule has 16 heavy (non-hydrogen) atoms. The summed E-state index contributed by atoms with van der Waals surface area (Å²) in [5.74, 6) is -0.418. The zero-order valence-electron chi connectivity index (χ0n) is 9.85. The lowest BCUT2D eigenvalue weighted by Gasteiger charge is -2.54. The van der Waals surface area contributed by atoms with Crippen LogP contribution in [-0.4, -0.2) is 65.2 Å². The van der Waals surface area contributed by atoms with Crippen molar-refractivity contribution in [1.29, 1.82) is 0 Å². The molecule has 2 saturated heterocycles. The quantitative estimate of drug-likeness (QED) is 0.646. The number of hydrogen-bond donors (Lipinski definition) is 2. The maximum absolute atomic E-state index is 11.1. The molecule has 5 heteroatoms. The van der Waals surface area contributed by atoms with E-state index >= 15 is 0 Å². The minimum Gasteiger partial charge on any atom is -0.394 e. The molecule has 0 aliphatic carbocycles. The van der Waals surface area contributed by atoms with Gasteiger partial charge in [0.15, 0.2) is 0 Å². The van der Waals surface area contributed by atoms with Crippen LogP contribution in [0.25, 0.3) is 0 Å². The smallest absolute Gasteiger partial charge is 0.237 e. The number of likely N-dealkylation sites (tertiary alicyclic amines) is 2. The molecule has 5 nitrogen and oxygen atoms in total. The highest BCUT2D eigenvalue weighted by Crippen LogP contribution is 2.38. The first-order chi connectivity index (χ1) is 7.63. The number of carbonyl (C=O) groups is 1. The van der Waals surface area contributed by atoms with Gasteiger partial charge >= 0.3 is 0 Å². The number of hydrogen-bond acceptors (Lipinski definition) is 4. The molecule has 2 fully saturated rings. The molecule has 1 amide bonds. The lowest BCUT2D eigenvalue weighted by molar-refractivity contribution is -0.132. The van der Waals surface area contributed by atoms with Crippen molar-refractivity contribution in [1.82, 2.24) is 9.80 Å². The molecule has 0 aromatic carbocycles. The Morgan fingerprint density at radius 2 is 2.25 bits per heavy atom. The van der Waals surface area contributed by atoms with E-state index in [0.717, 1.165) is 26.2 Å². The maximum Gasteiger partial charge on any atom is 0.237 e. The first-order valence-corrected chi connectivity index (χ1v) is 6.02. The van der Waals surface area contributed by atoms with Crippen molar-refractivity contribution in [3.63, 3.8) is 0 Å². The highest BCUT2D eigenvalue weighted by atomic mass is 16.3. The molecule has 0 aromatic heterocycles. The average molecular weight is 227 g/mol. The van der Waals surface area contributed by atoms with Crippen molar-refractivity contribution in [2.75, 3.05) is 32.8 Å². The van der Waals surface area contributed by atoms with Crippen LogP contribution in [0, 0.1) is 0 Å². The minimum atomic E-state index is -0.495. The van der Waals surface area contributed by atoms with Crippen molar-refractivity contribution < 1.29 is 9.90 Å². The number of rotatable bonds is 4. The van der Waals surface area contributed by atoms with Crippen LogP contribution < -0.4 is 5.73 Å². The van der Waals surface area contributed by atoms with Crippen LogP contribution in [0.15, 0.2) is 0 Å². The molecule has 2 rings (SSSR count). The Morgan fingerprint density at radius 3 is 2.75 bits per heavy atom. The summed E-state index contributed by atoms with van der Waals surface area (Å²) in [5.41, 5.74) is 5.52. The zero-order valence-corrected chi connectivity index (χ0v) is 9.85. The number of amides is 1. The summed E-state index contributed by atoms with van der Waals surface area (Å²) in [6.45, 7) is 5.97. The minimum absolute atomic E-state index is 0.169. The summed E-state index contributed by atoms with van der Waals surface area (Å²) in [7, 11) is 0. The molecule has 0 aromatic rings. The van der Waals surface area contributed by atoms with Crippen LogP contribution in [-0.2, 0) is 4.79 Å². The van der Waals surface area contributed by atoms with Gasteiger partial charge in [-0.1, -0.05) is 6.92 Å². The number of carbonyl (C=O) groups excluding carboxylic acids is 1. The number of aliphatic hydroxyl groups excluding tert-OH is 1. The Labute approximate surface area is 96.2 Å². The van der Waals surface area contributed by atoms with Gasteiger partial charge in [-0.2, -0.15) is 0 Å². The fourth-order valence-corrected chi connectivity index (χ4v) is 3.16. The van der Waals surface area contributed by atoms with Gasteiger partial charge in [0.05, 0.1) is 6.61 Å². The topological polar surface area (TPSA) is 69.8 Å². The van der Waals surface area contributed by atoms with Gasteiger partial charge in [-0.15, -0.1) is 0 Å². The zero-order chi connectivity index (χ0) is 11.8. The predicted octanol–water partition coefficient (Wildman–Crippen LogP) is -0.997. The van der Waals surface area contributed by atoms with E-state index in [1.807, 2.05) is 4.90 Å². The van der Waals surface area contributed by atoms with E-state index < -0.39 is 11.9 Å². The third kappa shape index (κ3) is 1.73. The monoisotopic (exact) mass is 227 g/mol. The van der Waals surface area contributed by atoms with Crippen LogP contribution in [0.2, 0.25) is 0 Å². The standard InChI is InChI=1S/C11H21N3O2/c1-2-14-5-3-4-11(14)7-13(8-11)9(6-15)10(12)16/h9,15H,2-8H2,1H3,(H2,12,16)/t9-/m0/s1. The molecule has 0 saturated carbocycles. The van der Waals surface area contributed by atoms with Crippen LogP contribution in [0.5, 0.6) is 0 Å². The summed E-state index contributed by atoms with van der Waals surface area (Å²) >= 11 is 0. The van der Waals surface area contributed by atoms with E-state index in [1.54, 1.807) is 0 Å². The third-order valence-electron chi connectivity index (χ3n) is 4.06. The summed E-state index contributed by atoms with van der Waals surface area (Å²) in [6, 6.07) is -0.495. The molecule has 92 valence electrons. The van der Waals surface area contributed by atoms with Gasteiger partial charge in [-0.25, -0.2) is 0 Å². The first-order valence-electron chi connectivity index (χ1n) is 6.02. The van der Waals surface area contributed by atoms with Crippen molar-refractivity contribution in [3.05, 3.63) is 0 Å². The molecular formula is C11H21N3O2. The Hall–Kier alpha value is -0.650. The second kappa shape index (κ2) is 4.31. The molecule has 2 aliphatic rings. The number of likely N-dealkylation sites (N-methyl/N-ethyl adjacent to an activating group) is 1. The van der Waals surface area contributed by atoms with Crippen LogP contribution >= 0.6 is 0 Å². The Balaban J connectivity index is 1.95. The van der Waals surface area contributed by atoms with Crippen molar-refractivity contribution >= 4 is 5.91 Å². The number of nitrogens with two attached hydrogens (primary N) is 1. The lowest BCUT2D eigenvalue weighted by Crippen LogP contribution is -2.71. The average Bonchev–Trinajstić information content (AvgIpc) is 2.61. The molecule has 1 atom stereocenters. The fraction of sp³-hybridized carbons (Fsp3) is 0.909. The van der Waals surface area contributed by atoms with Crippen molar-refractivity contribution in [2.24, 2.45) is 5.73 Å². The lowest BCUT2D eigenvalue weighted by atomic mass is 9.85.